The van der Waals surface area contributed by atoms with Gasteiger partial charge in [0.2, 0.25) is 0 Å². The smallest absolute Gasteiger partial charge is 0.321 e. The highest BCUT2D eigenvalue weighted by atomic mass is 16.5. The predicted octanol–water partition coefficient (Wildman–Crippen LogP) is 2.40. The Labute approximate surface area is 199 Å². The molecule has 34 heavy (non-hydrogen) atoms. The van der Waals surface area contributed by atoms with Crippen LogP contribution in [0.15, 0.2) is 65.2 Å². The Morgan fingerprint density at radius 2 is 1.74 bits per heavy atom. The predicted molar refractivity (Wildman–Crippen MR) is 133 cm³/mol. The lowest BCUT2D eigenvalue weighted by atomic mass is 10.1. The molecule has 3 rings (SSSR count). The molecule has 2 aromatic rings. The largest absolute Gasteiger partial charge is 0.424 e. The third-order valence-corrected chi connectivity index (χ3v) is 5.47. The Hall–Kier alpha value is -3.82. The fourth-order valence-electron chi connectivity index (χ4n) is 3.46. The lowest BCUT2D eigenvalue weighted by Gasteiger charge is -2.32. The first-order valence-electron chi connectivity index (χ1n) is 10.9. The van der Waals surface area contributed by atoms with Crippen LogP contribution in [0.4, 0.5) is 0 Å². The van der Waals surface area contributed by atoms with Crippen LogP contribution < -0.4 is 15.6 Å². The number of aliphatic imine (C=N–C) groups is 2. The molecule has 2 aromatic carbocycles. The Morgan fingerprint density at radius 3 is 2.38 bits per heavy atom. The molecular formula is C25H30N6O3. The molecule has 0 radical (unpaired) electrons. The van der Waals surface area contributed by atoms with E-state index in [0.717, 1.165) is 43.9 Å². The van der Waals surface area contributed by atoms with E-state index in [1.54, 1.807) is 18.2 Å². The van der Waals surface area contributed by atoms with Crippen LogP contribution in [0.25, 0.3) is 0 Å². The minimum Gasteiger partial charge on any atom is -0.424 e. The van der Waals surface area contributed by atoms with Crippen LogP contribution in [-0.2, 0) is 6.54 Å². The number of piperazine rings is 1. The van der Waals surface area contributed by atoms with Gasteiger partial charge in [-0.05, 0) is 56.1 Å². The third-order valence-electron chi connectivity index (χ3n) is 5.47. The van der Waals surface area contributed by atoms with Crippen molar-refractivity contribution in [1.29, 1.82) is 0 Å². The highest BCUT2D eigenvalue weighted by Crippen LogP contribution is 2.20. The molecule has 1 fully saturated rings. The molecule has 0 spiro atoms. The highest BCUT2D eigenvalue weighted by molar-refractivity contribution is 5.99. The van der Waals surface area contributed by atoms with E-state index >= 15 is 0 Å². The molecule has 0 aromatic heterocycles. The van der Waals surface area contributed by atoms with Crippen LogP contribution in [0.5, 0.6) is 5.75 Å². The minimum atomic E-state index is -0.486. The molecule has 178 valence electrons. The van der Waals surface area contributed by atoms with Gasteiger partial charge in [0.15, 0.2) is 0 Å². The van der Waals surface area contributed by atoms with Gasteiger partial charge in [-0.1, -0.05) is 24.8 Å². The van der Waals surface area contributed by atoms with E-state index in [4.69, 9.17) is 4.74 Å². The van der Waals surface area contributed by atoms with Crippen molar-refractivity contribution >= 4 is 24.6 Å². The number of amidine groups is 1. The maximum absolute atomic E-state index is 12.6. The summed E-state index contributed by atoms with van der Waals surface area (Å²) in [5.74, 6) is -0.488. The number of hydrogen-bond acceptors (Lipinski definition) is 6. The summed E-state index contributed by atoms with van der Waals surface area (Å²) in [5, 5.41) is 0. The Bertz CT molecular complexity index is 1090. The number of aryl methyl sites for hydroxylation is 1. The van der Waals surface area contributed by atoms with Crippen LogP contribution in [0, 0.1) is 6.92 Å². The van der Waals surface area contributed by atoms with E-state index in [2.05, 4.69) is 51.0 Å². The van der Waals surface area contributed by atoms with Gasteiger partial charge in [-0.3, -0.25) is 25.3 Å². The number of likely N-dealkylation sites (N-methyl/N-ethyl adjacent to an activating group) is 1. The Kier molecular flexibility index (Phi) is 8.66. The maximum Gasteiger partial charge on any atom is 0.321 e. The SMILES string of the molecule is C=CN=C(N=C)Oc1cc(C(=O)NNC(=O)c2cccc(CN3CCN(C)CC3)c2)ccc1C. The molecule has 0 unspecified atom stereocenters. The van der Waals surface area contributed by atoms with E-state index in [1.165, 1.54) is 12.3 Å². The van der Waals surface area contributed by atoms with Gasteiger partial charge in [0, 0.05) is 50.1 Å². The zero-order valence-corrected chi connectivity index (χ0v) is 19.6. The fourth-order valence-corrected chi connectivity index (χ4v) is 3.46. The summed E-state index contributed by atoms with van der Waals surface area (Å²) < 4.78 is 5.58. The molecule has 0 saturated carbocycles. The van der Waals surface area contributed by atoms with Crippen molar-refractivity contribution in [1.82, 2.24) is 20.7 Å². The number of rotatable bonds is 6. The molecule has 1 saturated heterocycles. The van der Waals surface area contributed by atoms with Crippen LogP contribution in [0.1, 0.15) is 31.8 Å². The average Bonchev–Trinajstić information content (AvgIpc) is 2.84. The van der Waals surface area contributed by atoms with Crippen molar-refractivity contribution in [2.45, 2.75) is 13.5 Å². The van der Waals surface area contributed by atoms with Crippen LogP contribution >= 0.6 is 0 Å². The van der Waals surface area contributed by atoms with Crippen molar-refractivity contribution in [2.24, 2.45) is 9.98 Å². The molecule has 2 N–H and O–H groups in total. The number of amides is 2. The summed E-state index contributed by atoms with van der Waals surface area (Å²) in [5.41, 5.74) is 7.53. The van der Waals surface area contributed by atoms with Gasteiger partial charge in [-0.25, -0.2) is 9.98 Å². The summed E-state index contributed by atoms with van der Waals surface area (Å²) in [6.45, 7) is 13.6. The number of carbonyl (C=O) groups excluding carboxylic acids is 2. The van der Waals surface area contributed by atoms with Gasteiger partial charge in [-0.2, -0.15) is 0 Å². The Morgan fingerprint density at radius 1 is 1.06 bits per heavy atom. The summed E-state index contributed by atoms with van der Waals surface area (Å²) in [4.78, 5) is 37.4. The van der Waals surface area contributed by atoms with Crippen molar-refractivity contribution in [3.8, 4) is 5.75 Å². The number of nitrogens with zero attached hydrogens (tertiary/aromatic N) is 4. The van der Waals surface area contributed by atoms with E-state index in [0.29, 0.717) is 16.9 Å². The second-order valence-electron chi connectivity index (χ2n) is 8.02. The monoisotopic (exact) mass is 462 g/mol. The first-order chi connectivity index (χ1) is 16.4. The molecule has 1 heterocycles. The summed E-state index contributed by atoms with van der Waals surface area (Å²) in [6, 6.07) is 12.3. The van der Waals surface area contributed by atoms with Gasteiger partial charge in [-0.15, -0.1) is 0 Å². The molecule has 2 amide bonds. The van der Waals surface area contributed by atoms with Crippen molar-refractivity contribution in [2.75, 3.05) is 33.2 Å². The Balaban J connectivity index is 1.60. The second-order valence-corrected chi connectivity index (χ2v) is 8.02. The number of nitrogens with one attached hydrogen (secondary N) is 2. The van der Waals surface area contributed by atoms with E-state index < -0.39 is 11.8 Å². The van der Waals surface area contributed by atoms with Gasteiger partial charge >= 0.3 is 6.02 Å². The van der Waals surface area contributed by atoms with Crippen molar-refractivity contribution in [3.05, 3.63) is 77.5 Å². The molecule has 9 nitrogen and oxygen atoms in total. The zero-order chi connectivity index (χ0) is 24.5. The number of benzene rings is 2. The van der Waals surface area contributed by atoms with E-state index in [9.17, 15) is 9.59 Å². The second kappa shape index (κ2) is 11.9. The summed E-state index contributed by atoms with van der Waals surface area (Å²) in [7, 11) is 2.12. The van der Waals surface area contributed by atoms with Gasteiger partial charge in [0.1, 0.15) is 5.75 Å². The molecule has 1 aliphatic rings. The summed E-state index contributed by atoms with van der Waals surface area (Å²) >= 11 is 0. The number of carbonyl (C=O) groups is 2. The van der Waals surface area contributed by atoms with Gasteiger partial charge in [0.05, 0.1) is 0 Å². The third kappa shape index (κ3) is 6.84. The van der Waals surface area contributed by atoms with E-state index in [-0.39, 0.29) is 6.02 Å². The van der Waals surface area contributed by atoms with E-state index in [1.807, 2.05) is 25.1 Å². The lowest BCUT2D eigenvalue weighted by Crippen LogP contribution is -2.44. The molecule has 0 bridgehead atoms. The number of ether oxygens (including phenoxy) is 1. The summed E-state index contributed by atoms with van der Waals surface area (Å²) in [6.07, 6.45) is 1.28. The number of hydrogen-bond donors (Lipinski definition) is 2. The topological polar surface area (TPSA) is 98.6 Å². The molecule has 1 aliphatic heterocycles. The van der Waals surface area contributed by atoms with Gasteiger partial charge in [0.25, 0.3) is 11.8 Å². The van der Waals surface area contributed by atoms with Crippen LogP contribution in [-0.4, -0.2) is 67.6 Å². The standard InChI is InChI=1S/C25H30N6O3/c1-5-27-25(26-3)34-22-16-21(10-9-18(22)2)24(33)29-28-23(32)20-8-6-7-19(15-20)17-31-13-11-30(4)12-14-31/h5-10,15-16H,1,3,11-14,17H2,2,4H3,(H,28,32)(H,29,33). The molecular weight excluding hydrogens is 432 g/mol. The van der Waals surface area contributed by atoms with Gasteiger partial charge < -0.3 is 9.64 Å². The first kappa shape index (κ1) is 24.8. The van der Waals surface area contributed by atoms with Crippen LogP contribution in [0.3, 0.4) is 0 Å². The van der Waals surface area contributed by atoms with Crippen molar-refractivity contribution < 1.29 is 14.3 Å². The zero-order valence-electron chi connectivity index (χ0n) is 19.6. The molecule has 0 atom stereocenters. The number of hydrazine groups is 1. The maximum atomic E-state index is 12.6. The molecule has 0 aliphatic carbocycles. The first-order valence-corrected chi connectivity index (χ1v) is 10.9. The normalized spacial score (nSPS) is 14.8. The average molecular weight is 463 g/mol. The quantitative estimate of drug-likeness (QED) is 0.390. The fraction of sp³-hybridized carbons (Fsp3) is 0.280. The highest BCUT2D eigenvalue weighted by Gasteiger charge is 2.16. The van der Waals surface area contributed by atoms with Crippen molar-refractivity contribution in [3.63, 3.8) is 0 Å². The minimum absolute atomic E-state index is 0.0143. The lowest BCUT2D eigenvalue weighted by molar-refractivity contribution is 0.0846. The molecule has 9 heteroatoms. The van der Waals surface area contributed by atoms with Crippen LogP contribution in [0.2, 0.25) is 0 Å².